The van der Waals surface area contributed by atoms with Crippen LogP contribution in [0.2, 0.25) is 0 Å². The van der Waals surface area contributed by atoms with E-state index in [0.717, 1.165) is 35.0 Å². The van der Waals surface area contributed by atoms with Crippen LogP contribution in [0.25, 0.3) is 10.9 Å². The number of para-hydroxylation sites is 1. The zero-order chi connectivity index (χ0) is 16.6. The van der Waals surface area contributed by atoms with Gasteiger partial charge in [-0.3, -0.25) is 0 Å². The lowest BCUT2D eigenvalue weighted by atomic mass is 9.90. The minimum atomic E-state index is -0.807. The molecule has 23 heavy (non-hydrogen) atoms. The van der Waals surface area contributed by atoms with Gasteiger partial charge < -0.3 is 15.0 Å². The van der Waals surface area contributed by atoms with Crippen molar-refractivity contribution in [3.8, 4) is 0 Å². The van der Waals surface area contributed by atoms with Crippen LogP contribution in [-0.2, 0) is 11.2 Å². The summed E-state index contributed by atoms with van der Waals surface area (Å²) in [6, 6.07) is 7.51. The van der Waals surface area contributed by atoms with Crippen molar-refractivity contribution in [1.82, 2.24) is 9.88 Å². The molecule has 0 saturated carbocycles. The van der Waals surface area contributed by atoms with Gasteiger partial charge in [-0.25, -0.2) is 4.79 Å². The van der Waals surface area contributed by atoms with Crippen LogP contribution in [0.1, 0.15) is 37.1 Å². The van der Waals surface area contributed by atoms with Gasteiger partial charge in [-0.15, -0.1) is 11.8 Å². The van der Waals surface area contributed by atoms with Crippen LogP contribution in [-0.4, -0.2) is 37.6 Å². The Hall–Kier alpha value is -1.53. The quantitative estimate of drug-likeness (QED) is 0.822. The summed E-state index contributed by atoms with van der Waals surface area (Å²) in [6.07, 6.45) is 4.24. The van der Waals surface area contributed by atoms with Crippen LogP contribution >= 0.6 is 24.0 Å². The molecule has 1 aliphatic heterocycles. The molecule has 4 nitrogen and oxygen atoms in total. The predicted molar refractivity (Wildman–Crippen MR) is 99.0 cm³/mol. The van der Waals surface area contributed by atoms with Crippen LogP contribution in [0.5, 0.6) is 0 Å². The molecule has 2 N–H and O–H groups in total. The zero-order valence-electron chi connectivity index (χ0n) is 13.2. The van der Waals surface area contributed by atoms with Crippen molar-refractivity contribution >= 4 is 45.2 Å². The number of carboxylic acids is 1. The maximum Gasteiger partial charge on any atom is 0.326 e. The molecule has 0 bridgehead atoms. The maximum atomic E-state index is 11.9. The third-order valence-electron chi connectivity index (χ3n) is 4.48. The highest BCUT2D eigenvalue weighted by molar-refractivity contribution is 8.22. The molecule has 1 aromatic heterocycles. The molecular weight excluding hydrogens is 328 g/mol. The van der Waals surface area contributed by atoms with E-state index in [1.165, 1.54) is 11.8 Å². The van der Waals surface area contributed by atoms with Crippen LogP contribution < -0.4 is 0 Å². The first-order valence-corrected chi connectivity index (χ1v) is 9.40. The minimum absolute atomic E-state index is 0.00259. The molecular formula is C17H20N2O2S2. The van der Waals surface area contributed by atoms with Crippen LogP contribution in [0.3, 0.4) is 0 Å². The second kappa shape index (κ2) is 6.53. The van der Waals surface area contributed by atoms with Gasteiger partial charge >= 0.3 is 5.97 Å². The zero-order valence-corrected chi connectivity index (χ0v) is 14.8. The lowest BCUT2D eigenvalue weighted by molar-refractivity contribution is -0.142. The van der Waals surface area contributed by atoms with Gasteiger partial charge in [0.15, 0.2) is 0 Å². The smallest absolute Gasteiger partial charge is 0.326 e. The number of nitrogens with zero attached hydrogens (tertiary/aromatic N) is 1. The average Bonchev–Trinajstić information content (AvgIpc) is 2.92. The molecule has 0 amide bonds. The molecule has 2 heterocycles. The summed E-state index contributed by atoms with van der Waals surface area (Å²) >= 11 is 6.93. The molecule has 3 rings (SSSR count). The van der Waals surface area contributed by atoms with Crippen molar-refractivity contribution in [2.24, 2.45) is 0 Å². The second-order valence-corrected chi connectivity index (χ2v) is 7.24. The topological polar surface area (TPSA) is 56.3 Å². The number of hydrogen-bond donors (Lipinski definition) is 2. The van der Waals surface area contributed by atoms with Gasteiger partial charge in [0.2, 0.25) is 0 Å². The molecule has 0 aliphatic carbocycles. The third kappa shape index (κ3) is 2.74. The number of nitrogens with one attached hydrogen (secondary N) is 1. The monoisotopic (exact) mass is 348 g/mol. The summed E-state index contributed by atoms with van der Waals surface area (Å²) in [5.41, 5.74) is 3.33. The van der Waals surface area contributed by atoms with Crippen LogP contribution in [0.4, 0.5) is 0 Å². The first-order chi connectivity index (χ1) is 11.1. The molecule has 1 aromatic carbocycles. The number of carbonyl (C=O) groups is 1. The molecule has 0 radical (unpaired) electrons. The number of H-pyrrole nitrogens is 1. The Morgan fingerprint density at radius 2 is 2.22 bits per heavy atom. The first-order valence-electron chi connectivity index (χ1n) is 7.77. The van der Waals surface area contributed by atoms with Crippen LogP contribution in [0, 0.1) is 0 Å². The Bertz CT molecular complexity index is 756. The number of thioether (sulfide) groups is 1. The number of aromatic nitrogens is 1. The fourth-order valence-corrected chi connectivity index (χ4v) is 4.22. The van der Waals surface area contributed by atoms with E-state index in [1.807, 2.05) is 29.4 Å². The molecule has 6 heteroatoms. The van der Waals surface area contributed by atoms with E-state index in [0.29, 0.717) is 10.7 Å². The normalized spacial score (nSPS) is 20.5. The molecule has 2 atom stereocenters. The van der Waals surface area contributed by atoms with Gasteiger partial charge in [-0.1, -0.05) is 43.8 Å². The third-order valence-corrected chi connectivity index (χ3v) is 5.75. The van der Waals surface area contributed by atoms with Gasteiger partial charge in [-0.2, -0.15) is 0 Å². The number of aromatic amines is 1. The largest absolute Gasteiger partial charge is 0.480 e. The van der Waals surface area contributed by atoms with E-state index in [4.69, 9.17) is 12.2 Å². The number of fused-ring (bicyclic) bond motifs is 3. The summed E-state index contributed by atoms with van der Waals surface area (Å²) in [4.78, 5) is 17.3. The number of benzene rings is 1. The Balaban J connectivity index is 2.19. The van der Waals surface area contributed by atoms with Gasteiger partial charge in [0.25, 0.3) is 0 Å². The van der Waals surface area contributed by atoms with Gasteiger partial charge in [0, 0.05) is 23.0 Å². The lowest BCUT2D eigenvalue weighted by Gasteiger charge is -2.41. The highest BCUT2D eigenvalue weighted by Gasteiger charge is 2.40. The standard InChI is InChI=1S/C17H20N2O2S2/c1-3-6-13-15-11(10-7-4-5-8-12(10)18-15)9-14(16(20)21)19(13)17(22)23-2/h4-5,7-8,13-14,18H,3,6,9H2,1-2H3,(H,20,21)/t13-,14+/m1/s1. The minimum Gasteiger partial charge on any atom is -0.480 e. The number of aliphatic carboxylic acids is 1. The first kappa shape index (κ1) is 16.3. The fraction of sp³-hybridized carbons (Fsp3) is 0.412. The van der Waals surface area contributed by atoms with E-state index in [1.54, 1.807) is 0 Å². The van der Waals surface area contributed by atoms with Crippen molar-refractivity contribution in [2.45, 2.75) is 38.3 Å². The number of carboxylic acid groups (broad SMARTS) is 1. The molecule has 0 fully saturated rings. The summed E-state index contributed by atoms with van der Waals surface area (Å²) in [6.45, 7) is 2.12. The van der Waals surface area contributed by atoms with Crippen molar-refractivity contribution < 1.29 is 9.90 Å². The Morgan fingerprint density at radius 3 is 2.87 bits per heavy atom. The van der Waals surface area contributed by atoms with Crippen molar-refractivity contribution in [3.05, 3.63) is 35.5 Å². The number of rotatable bonds is 3. The summed E-state index contributed by atoms with van der Waals surface area (Å²) < 4.78 is 0.653. The average molecular weight is 348 g/mol. The summed E-state index contributed by atoms with van der Waals surface area (Å²) in [7, 11) is 0. The molecule has 122 valence electrons. The maximum absolute atomic E-state index is 11.9. The van der Waals surface area contributed by atoms with Crippen molar-refractivity contribution in [2.75, 3.05) is 6.26 Å². The SMILES string of the molecule is CCC[C@@H]1c2[nH]c3ccccc3c2C[C@@H](C(=O)O)N1C(=S)SC. The predicted octanol–water partition coefficient (Wildman–Crippen LogP) is 3.97. The lowest BCUT2D eigenvalue weighted by Crippen LogP contribution is -2.49. The Morgan fingerprint density at radius 1 is 1.48 bits per heavy atom. The van der Waals surface area contributed by atoms with E-state index in [9.17, 15) is 9.90 Å². The Kier molecular flexibility index (Phi) is 4.64. The van der Waals surface area contributed by atoms with E-state index < -0.39 is 12.0 Å². The van der Waals surface area contributed by atoms with E-state index in [2.05, 4.69) is 18.0 Å². The molecule has 0 unspecified atom stereocenters. The molecule has 2 aromatic rings. The second-order valence-electron chi connectivity index (χ2n) is 5.80. The van der Waals surface area contributed by atoms with Gasteiger partial charge in [-0.05, 0) is 24.3 Å². The Labute approximate surface area is 145 Å². The number of hydrogen-bond acceptors (Lipinski definition) is 3. The van der Waals surface area contributed by atoms with E-state index >= 15 is 0 Å². The van der Waals surface area contributed by atoms with Crippen molar-refractivity contribution in [1.29, 1.82) is 0 Å². The highest BCUT2D eigenvalue weighted by Crippen LogP contribution is 2.40. The fourth-order valence-electron chi connectivity index (χ4n) is 3.50. The summed E-state index contributed by atoms with van der Waals surface area (Å²) in [5, 5.41) is 10.9. The molecule has 0 spiro atoms. The van der Waals surface area contributed by atoms with Gasteiger partial charge in [0.05, 0.1) is 6.04 Å². The number of thiocarbonyl (C=S) groups is 1. The van der Waals surface area contributed by atoms with Crippen LogP contribution in [0.15, 0.2) is 24.3 Å². The highest BCUT2D eigenvalue weighted by atomic mass is 32.2. The molecule has 1 aliphatic rings. The van der Waals surface area contributed by atoms with E-state index in [-0.39, 0.29) is 6.04 Å². The van der Waals surface area contributed by atoms with Crippen molar-refractivity contribution in [3.63, 3.8) is 0 Å². The molecule has 0 saturated heterocycles. The van der Waals surface area contributed by atoms with Gasteiger partial charge in [0.1, 0.15) is 10.4 Å². The summed E-state index contributed by atoms with van der Waals surface area (Å²) in [5.74, 6) is -0.807.